The quantitative estimate of drug-likeness (QED) is 0.282. The van der Waals surface area contributed by atoms with Crippen LogP contribution in [0, 0.1) is 0 Å². The van der Waals surface area contributed by atoms with Gasteiger partial charge in [-0.05, 0) is 6.42 Å². The highest BCUT2D eigenvalue weighted by Gasteiger charge is 2.31. The lowest BCUT2D eigenvalue weighted by Crippen LogP contribution is -2.49. The lowest BCUT2D eigenvalue weighted by atomic mass is 10.0. The SMILES string of the molecule is CCCCCCCCCC(=O)N(C)C[C@H](O)[C@@H](O)[C@H](O)C(O)CO. The molecule has 0 bridgehead atoms. The van der Waals surface area contributed by atoms with E-state index >= 15 is 0 Å². The molecule has 5 N–H and O–H groups in total. The number of carbonyl (C=O) groups excluding carboxylic acids is 1. The van der Waals surface area contributed by atoms with Gasteiger partial charge < -0.3 is 30.4 Å². The van der Waals surface area contributed by atoms with Crippen molar-refractivity contribution in [1.29, 1.82) is 0 Å². The van der Waals surface area contributed by atoms with E-state index in [0.717, 1.165) is 19.3 Å². The van der Waals surface area contributed by atoms with E-state index in [9.17, 15) is 25.2 Å². The van der Waals surface area contributed by atoms with Crippen LogP contribution in [0.2, 0.25) is 0 Å². The summed E-state index contributed by atoms with van der Waals surface area (Å²) >= 11 is 0. The van der Waals surface area contributed by atoms with Crippen LogP contribution in [0.3, 0.4) is 0 Å². The molecule has 0 saturated carbocycles. The molecule has 0 radical (unpaired) electrons. The second-order valence-electron chi connectivity index (χ2n) is 6.44. The number of nitrogens with zero attached hydrogens (tertiary/aromatic N) is 1. The Morgan fingerprint density at radius 1 is 0.875 bits per heavy atom. The molecule has 0 aromatic rings. The molecule has 144 valence electrons. The maximum absolute atomic E-state index is 12.0. The Hall–Kier alpha value is -0.730. The molecule has 7 heteroatoms. The first-order valence-electron chi connectivity index (χ1n) is 8.92. The van der Waals surface area contributed by atoms with Gasteiger partial charge in [0.15, 0.2) is 0 Å². The first-order chi connectivity index (χ1) is 11.3. The van der Waals surface area contributed by atoms with Gasteiger partial charge in [-0.3, -0.25) is 4.79 Å². The van der Waals surface area contributed by atoms with Crippen LogP contribution in [0.15, 0.2) is 0 Å². The molecule has 24 heavy (non-hydrogen) atoms. The number of hydrogen-bond donors (Lipinski definition) is 5. The van der Waals surface area contributed by atoms with Crippen LogP contribution in [0.1, 0.15) is 58.3 Å². The van der Waals surface area contributed by atoms with Crippen LogP contribution < -0.4 is 0 Å². The molecule has 0 fully saturated rings. The molecular formula is C17H35NO6. The number of rotatable bonds is 14. The zero-order valence-electron chi connectivity index (χ0n) is 15.0. The minimum Gasteiger partial charge on any atom is -0.394 e. The van der Waals surface area contributed by atoms with Gasteiger partial charge in [0.25, 0.3) is 0 Å². The van der Waals surface area contributed by atoms with E-state index in [4.69, 9.17) is 5.11 Å². The first kappa shape index (κ1) is 23.3. The lowest BCUT2D eigenvalue weighted by molar-refractivity contribution is -0.138. The van der Waals surface area contributed by atoms with Crippen LogP contribution in [0.4, 0.5) is 0 Å². The molecular weight excluding hydrogens is 314 g/mol. The Balaban J connectivity index is 3.99. The molecule has 0 aromatic carbocycles. The Labute approximate surface area is 144 Å². The van der Waals surface area contributed by atoms with Crippen LogP contribution in [-0.2, 0) is 4.79 Å². The fourth-order valence-corrected chi connectivity index (χ4v) is 2.48. The average Bonchev–Trinajstić information content (AvgIpc) is 2.58. The topological polar surface area (TPSA) is 121 Å². The second kappa shape index (κ2) is 13.5. The Morgan fingerprint density at radius 2 is 1.38 bits per heavy atom. The van der Waals surface area contributed by atoms with Gasteiger partial charge in [0, 0.05) is 20.0 Å². The zero-order chi connectivity index (χ0) is 18.5. The molecule has 4 atom stereocenters. The van der Waals surface area contributed by atoms with Gasteiger partial charge in [-0.2, -0.15) is 0 Å². The molecule has 0 rings (SSSR count). The van der Waals surface area contributed by atoms with Gasteiger partial charge in [-0.15, -0.1) is 0 Å². The minimum atomic E-state index is -1.67. The zero-order valence-corrected chi connectivity index (χ0v) is 15.0. The highest BCUT2D eigenvalue weighted by atomic mass is 16.4. The number of carbonyl (C=O) groups is 1. The number of hydrogen-bond acceptors (Lipinski definition) is 6. The van der Waals surface area contributed by atoms with Gasteiger partial charge in [0.1, 0.15) is 24.4 Å². The Bertz CT molecular complexity index is 328. The summed E-state index contributed by atoms with van der Waals surface area (Å²) in [7, 11) is 1.52. The van der Waals surface area contributed by atoms with Gasteiger partial charge in [-0.25, -0.2) is 0 Å². The van der Waals surface area contributed by atoms with Crippen molar-refractivity contribution in [3.05, 3.63) is 0 Å². The molecule has 0 aromatic heterocycles. The molecule has 0 saturated heterocycles. The van der Waals surface area contributed by atoms with Gasteiger partial charge in [-0.1, -0.05) is 45.4 Å². The predicted octanol–water partition coefficient (Wildman–Crippen LogP) is 0.0214. The molecule has 0 aliphatic rings. The summed E-state index contributed by atoms with van der Waals surface area (Å²) in [5.41, 5.74) is 0. The van der Waals surface area contributed by atoms with E-state index in [1.165, 1.54) is 37.6 Å². The Kier molecular flexibility index (Phi) is 13.1. The largest absolute Gasteiger partial charge is 0.394 e. The highest BCUT2D eigenvalue weighted by molar-refractivity contribution is 5.75. The smallest absolute Gasteiger partial charge is 0.222 e. The summed E-state index contributed by atoms with van der Waals surface area (Å²) in [5, 5.41) is 47.1. The second-order valence-corrected chi connectivity index (χ2v) is 6.44. The molecule has 0 aliphatic carbocycles. The monoisotopic (exact) mass is 349 g/mol. The summed E-state index contributed by atoms with van der Waals surface area (Å²) in [4.78, 5) is 13.3. The van der Waals surface area contributed by atoms with Gasteiger partial charge >= 0.3 is 0 Å². The summed E-state index contributed by atoms with van der Waals surface area (Å²) < 4.78 is 0. The van der Waals surface area contributed by atoms with E-state index < -0.39 is 31.0 Å². The van der Waals surface area contributed by atoms with E-state index in [2.05, 4.69) is 6.92 Å². The molecule has 1 amide bonds. The highest BCUT2D eigenvalue weighted by Crippen LogP contribution is 2.10. The summed E-state index contributed by atoms with van der Waals surface area (Å²) in [6.45, 7) is 1.30. The summed E-state index contributed by atoms with van der Waals surface area (Å²) in [6, 6.07) is 0. The van der Waals surface area contributed by atoms with E-state index in [1.54, 1.807) is 0 Å². The molecule has 1 unspecified atom stereocenters. The maximum Gasteiger partial charge on any atom is 0.222 e. The fraction of sp³-hybridized carbons (Fsp3) is 0.941. The van der Waals surface area contributed by atoms with Crippen molar-refractivity contribution in [2.75, 3.05) is 20.2 Å². The van der Waals surface area contributed by atoms with Crippen LogP contribution in [0.25, 0.3) is 0 Å². The van der Waals surface area contributed by atoms with Crippen molar-refractivity contribution in [3.63, 3.8) is 0 Å². The number of aliphatic hydroxyl groups is 5. The third-order valence-electron chi connectivity index (χ3n) is 4.21. The van der Waals surface area contributed by atoms with Crippen molar-refractivity contribution >= 4 is 5.91 Å². The third kappa shape index (κ3) is 9.54. The van der Waals surface area contributed by atoms with E-state index in [-0.39, 0.29) is 12.5 Å². The van der Waals surface area contributed by atoms with E-state index in [0.29, 0.717) is 6.42 Å². The van der Waals surface area contributed by atoms with Crippen molar-refractivity contribution in [3.8, 4) is 0 Å². The molecule has 0 spiro atoms. The average molecular weight is 349 g/mol. The molecule has 7 nitrogen and oxygen atoms in total. The lowest BCUT2D eigenvalue weighted by Gasteiger charge is -2.28. The van der Waals surface area contributed by atoms with Crippen molar-refractivity contribution in [2.45, 2.75) is 82.7 Å². The Morgan fingerprint density at radius 3 is 1.92 bits per heavy atom. The van der Waals surface area contributed by atoms with Crippen LogP contribution in [0.5, 0.6) is 0 Å². The standard InChI is InChI=1S/C17H35NO6/c1-3-4-5-6-7-8-9-10-15(22)18(2)11-13(20)16(23)17(24)14(21)12-19/h13-14,16-17,19-21,23-24H,3-12H2,1-2H3/t13-,14?,16+,17+/m0/s1. The number of likely N-dealkylation sites (N-methyl/N-ethyl adjacent to an activating group) is 1. The number of unbranched alkanes of at least 4 members (excludes halogenated alkanes) is 6. The number of aliphatic hydroxyl groups excluding tert-OH is 5. The summed E-state index contributed by atoms with van der Waals surface area (Å²) in [6.07, 6.45) is 1.92. The molecule has 0 aliphatic heterocycles. The van der Waals surface area contributed by atoms with E-state index in [1.807, 2.05) is 0 Å². The first-order valence-corrected chi connectivity index (χ1v) is 8.92. The van der Waals surface area contributed by atoms with Gasteiger partial charge in [0.2, 0.25) is 5.91 Å². The van der Waals surface area contributed by atoms with Crippen molar-refractivity contribution in [2.24, 2.45) is 0 Å². The van der Waals surface area contributed by atoms with Crippen molar-refractivity contribution < 1.29 is 30.3 Å². The number of amides is 1. The normalized spacial score (nSPS) is 16.5. The fourth-order valence-electron chi connectivity index (χ4n) is 2.48. The van der Waals surface area contributed by atoms with Crippen molar-refractivity contribution in [1.82, 2.24) is 4.90 Å². The molecule has 0 heterocycles. The third-order valence-corrected chi connectivity index (χ3v) is 4.21. The van der Waals surface area contributed by atoms with Gasteiger partial charge in [0.05, 0.1) is 6.61 Å². The minimum absolute atomic E-state index is 0.132. The van der Waals surface area contributed by atoms with Crippen LogP contribution >= 0.6 is 0 Å². The van der Waals surface area contributed by atoms with Crippen LogP contribution in [-0.4, -0.2) is 81.0 Å². The summed E-state index contributed by atoms with van der Waals surface area (Å²) in [5.74, 6) is -0.132. The maximum atomic E-state index is 12.0. The predicted molar refractivity (Wildman–Crippen MR) is 91.4 cm³/mol.